The normalized spacial score (nSPS) is 11.3. The number of hydrogen-bond donors (Lipinski definition) is 1. The number of carbonyl (C=O) groups is 1. The molecule has 0 radical (unpaired) electrons. The summed E-state index contributed by atoms with van der Waals surface area (Å²) in [4.78, 5) is 18.7. The van der Waals surface area contributed by atoms with E-state index < -0.39 is 0 Å². The van der Waals surface area contributed by atoms with Gasteiger partial charge in [-0.15, -0.1) is 0 Å². The van der Waals surface area contributed by atoms with Crippen LogP contribution in [0.25, 0.3) is 0 Å². The number of anilines is 1. The highest BCUT2D eigenvalue weighted by atomic mass is 16.1. The fraction of sp³-hybridized carbons (Fsp3) is 0.444. The van der Waals surface area contributed by atoms with Crippen molar-refractivity contribution in [2.75, 3.05) is 5.73 Å². The van der Waals surface area contributed by atoms with Gasteiger partial charge in [0.05, 0.1) is 11.9 Å². The second-order valence-corrected chi connectivity index (χ2v) is 3.90. The molecule has 0 amide bonds. The van der Waals surface area contributed by atoms with Crippen LogP contribution >= 0.6 is 0 Å². The van der Waals surface area contributed by atoms with Gasteiger partial charge in [0.2, 0.25) is 0 Å². The van der Waals surface area contributed by atoms with Crippen LogP contribution in [-0.4, -0.2) is 16.3 Å². The second-order valence-electron chi connectivity index (χ2n) is 3.90. The minimum absolute atomic E-state index is 0.161. The molecule has 0 saturated heterocycles. The summed E-state index contributed by atoms with van der Waals surface area (Å²) in [6.07, 6.45) is 2.11. The zero-order valence-corrected chi connectivity index (χ0v) is 8.03. The van der Waals surface area contributed by atoms with Crippen molar-refractivity contribution in [3.05, 3.63) is 17.7 Å². The minimum Gasteiger partial charge on any atom is -0.396 e. The molecule has 1 heterocycles. The number of nitrogens with two attached hydrogens (primary N) is 1. The lowest BCUT2D eigenvalue weighted by Gasteiger charge is -2.16. The van der Waals surface area contributed by atoms with Crippen LogP contribution in [0.4, 0.5) is 5.69 Å². The fourth-order valence-corrected chi connectivity index (χ4v) is 0.860. The average Bonchev–Trinajstić information content (AvgIpc) is 2.03. The molecule has 70 valence electrons. The van der Waals surface area contributed by atoms with Crippen LogP contribution in [0.3, 0.4) is 0 Å². The molecule has 0 aromatic carbocycles. The van der Waals surface area contributed by atoms with Crippen LogP contribution in [0.5, 0.6) is 0 Å². The molecule has 4 heteroatoms. The van der Waals surface area contributed by atoms with Crippen molar-refractivity contribution in [1.82, 2.24) is 9.97 Å². The molecule has 0 aliphatic heterocycles. The molecule has 0 spiro atoms. The Kier molecular flexibility index (Phi) is 2.32. The highest BCUT2D eigenvalue weighted by Crippen LogP contribution is 2.18. The van der Waals surface area contributed by atoms with Gasteiger partial charge in [-0.1, -0.05) is 20.8 Å². The summed E-state index contributed by atoms with van der Waals surface area (Å²) in [5, 5.41) is 0. The molecule has 4 nitrogen and oxygen atoms in total. The monoisotopic (exact) mass is 179 g/mol. The third kappa shape index (κ3) is 2.02. The zero-order valence-electron chi connectivity index (χ0n) is 8.03. The molecular formula is C9H13N3O. The van der Waals surface area contributed by atoms with E-state index in [4.69, 9.17) is 5.73 Å². The lowest BCUT2D eigenvalue weighted by atomic mass is 9.95. The molecule has 0 unspecified atom stereocenters. The smallest absolute Gasteiger partial charge is 0.170 e. The molecular weight excluding hydrogens is 166 g/mol. The maximum absolute atomic E-state index is 10.5. The topological polar surface area (TPSA) is 68.9 Å². The zero-order chi connectivity index (χ0) is 10.1. The van der Waals surface area contributed by atoms with Gasteiger partial charge in [-0.25, -0.2) is 9.97 Å². The van der Waals surface area contributed by atoms with Gasteiger partial charge in [-0.2, -0.15) is 0 Å². The van der Waals surface area contributed by atoms with E-state index in [9.17, 15) is 4.79 Å². The molecule has 1 rings (SSSR count). The van der Waals surface area contributed by atoms with E-state index in [2.05, 4.69) is 9.97 Å². The van der Waals surface area contributed by atoms with Crippen LogP contribution in [0.1, 0.15) is 37.1 Å². The third-order valence-corrected chi connectivity index (χ3v) is 1.63. The van der Waals surface area contributed by atoms with Gasteiger partial charge >= 0.3 is 0 Å². The summed E-state index contributed by atoms with van der Waals surface area (Å²) in [5.74, 6) is 0.629. The molecule has 0 bridgehead atoms. The first-order valence-corrected chi connectivity index (χ1v) is 4.03. The standard InChI is InChI=1S/C9H13N3O/c1-9(2,3)8-11-4-6(10)7(5-13)12-8/h4-5H,10H2,1-3H3. The van der Waals surface area contributed by atoms with E-state index >= 15 is 0 Å². The first-order valence-electron chi connectivity index (χ1n) is 4.03. The summed E-state index contributed by atoms with van der Waals surface area (Å²) < 4.78 is 0. The van der Waals surface area contributed by atoms with E-state index in [1.165, 1.54) is 6.20 Å². The summed E-state index contributed by atoms with van der Waals surface area (Å²) in [6.45, 7) is 5.94. The highest BCUT2D eigenvalue weighted by Gasteiger charge is 2.18. The predicted octanol–water partition coefficient (Wildman–Crippen LogP) is 1.17. The van der Waals surface area contributed by atoms with E-state index in [1.54, 1.807) is 0 Å². The Morgan fingerprint density at radius 1 is 1.46 bits per heavy atom. The minimum atomic E-state index is -0.161. The van der Waals surface area contributed by atoms with Crippen molar-refractivity contribution in [2.45, 2.75) is 26.2 Å². The van der Waals surface area contributed by atoms with Crippen molar-refractivity contribution in [2.24, 2.45) is 0 Å². The third-order valence-electron chi connectivity index (χ3n) is 1.63. The second kappa shape index (κ2) is 3.12. The van der Waals surface area contributed by atoms with Crippen molar-refractivity contribution >= 4 is 12.0 Å². The van der Waals surface area contributed by atoms with Crippen LogP contribution in [0, 0.1) is 0 Å². The van der Waals surface area contributed by atoms with Crippen LogP contribution < -0.4 is 5.73 Å². The number of aldehydes is 1. The van der Waals surface area contributed by atoms with Crippen molar-refractivity contribution in [3.8, 4) is 0 Å². The molecule has 13 heavy (non-hydrogen) atoms. The van der Waals surface area contributed by atoms with Crippen molar-refractivity contribution in [1.29, 1.82) is 0 Å². The van der Waals surface area contributed by atoms with Gasteiger partial charge in [0, 0.05) is 5.41 Å². The van der Waals surface area contributed by atoms with E-state index in [0.717, 1.165) is 0 Å². The largest absolute Gasteiger partial charge is 0.396 e. The molecule has 0 saturated carbocycles. The van der Waals surface area contributed by atoms with Gasteiger partial charge in [0.15, 0.2) is 6.29 Å². The Morgan fingerprint density at radius 3 is 2.54 bits per heavy atom. The van der Waals surface area contributed by atoms with Gasteiger partial charge in [-0.3, -0.25) is 4.79 Å². The highest BCUT2D eigenvalue weighted by molar-refractivity contribution is 5.79. The number of rotatable bonds is 1. The molecule has 0 aliphatic rings. The lowest BCUT2D eigenvalue weighted by Crippen LogP contribution is -2.17. The van der Waals surface area contributed by atoms with Crippen LogP contribution in [0.2, 0.25) is 0 Å². The van der Waals surface area contributed by atoms with Gasteiger partial charge in [0.1, 0.15) is 11.5 Å². The molecule has 0 aliphatic carbocycles. The number of nitrogens with zero attached hydrogens (tertiary/aromatic N) is 2. The van der Waals surface area contributed by atoms with Crippen molar-refractivity contribution < 1.29 is 4.79 Å². The first kappa shape index (κ1) is 9.64. The van der Waals surface area contributed by atoms with Crippen molar-refractivity contribution in [3.63, 3.8) is 0 Å². The number of carbonyl (C=O) groups excluding carboxylic acids is 1. The number of hydrogen-bond acceptors (Lipinski definition) is 4. The molecule has 0 atom stereocenters. The summed E-state index contributed by atoms with van der Waals surface area (Å²) in [5.41, 5.74) is 5.91. The number of nitrogen functional groups attached to an aromatic ring is 1. The maximum atomic E-state index is 10.5. The Bertz CT molecular complexity index is 328. The quantitative estimate of drug-likeness (QED) is 0.657. The predicted molar refractivity (Wildman–Crippen MR) is 50.5 cm³/mol. The van der Waals surface area contributed by atoms with Gasteiger partial charge in [-0.05, 0) is 0 Å². The van der Waals surface area contributed by atoms with Crippen LogP contribution in [0.15, 0.2) is 6.20 Å². The van der Waals surface area contributed by atoms with E-state index in [-0.39, 0.29) is 11.1 Å². The summed E-state index contributed by atoms with van der Waals surface area (Å²) >= 11 is 0. The number of aromatic nitrogens is 2. The van der Waals surface area contributed by atoms with E-state index in [0.29, 0.717) is 17.8 Å². The van der Waals surface area contributed by atoms with E-state index in [1.807, 2.05) is 20.8 Å². The SMILES string of the molecule is CC(C)(C)c1ncc(N)c(C=O)n1. The molecule has 1 aromatic heterocycles. The Balaban J connectivity index is 3.21. The summed E-state index contributed by atoms with van der Waals surface area (Å²) in [7, 11) is 0. The molecule has 0 fully saturated rings. The Hall–Kier alpha value is -1.45. The van der Waals surface area contributed by atoms with Gasteiger partial charge in [0.25, 0.3) is 0 Å². The van der Waals surface area contributed by atoms with Gasteiger partial charge < -0.3 is 5.73 Å². The maximum Gasteiger partial charge on any atom is 0.170 e. The molecule has 2 N–H and O–H groups in total. The average molecular weight is 179 g/mol. The first-order chi connectivity index (χ1) is 5.95. The fourth-order valence-electron chi connectivity index (χ4n) is 0.860. The summed E-state index contributed by atoms with van der Waals surface area (Å²) in [6, 6.07) is 0. The lowest BCUT2D eigenvalue weighted by molar-refractivity contribution is 0.111. The Labute approximate surface area is 77.2 Å². The molecule has 1 aromatic rings. The van der Waals surface area contributed by atoms with Crippen LogP contribution in [-0.2, 0) is 5.41 Å². The Morgan fingerprint density at radius 2 is 2.08 bits per heavy atom.